The number of hydrogen-bond acceptors (Lipinski definition) is 4. The predicted octanol–water partition coefficient (Wildman–Crippen LogP) is 0.775. The van der Waals surface area contributed by atoms with Crippen LogP contribution in [0, 0.1) is 0 Å². The lowest BCUT2D eigenvalue weighted by Gasteiger charge is -1.70. The lowest BCUT2D eigenvalue weighted by atomic mass is 11.5. The van der Waals surface area contributed by atoms with Crippen LogP contribution in [0.3, 0.4) is 0 Å². The Morgan fingerprint density at radius 2 is 2.80 bits per heavy atom. The largest absolute Gasteiger partial charge is 0.229 e. The SMILES string of the molecule is C1NSOS1. The molecule has 1 rings (SSSR count). The minimum atomic E-state index is 0.907. The second kappa shape index (κ2) is 1.92. The second-order valence-corrected chi connectivity index (χ2v) is 2.08. The number of rotatable bonds is 0. The van der Waals surface area contributed by atoms with Crippen LogP contribution in [-0.4, -0.2) is 5.88 Å². The standard InChI is InChI=1S/CH3NOS2/c1-2-5-3-4-1/h2H,1H2. The average molecular weight is 109 g/mol. The third-order valence-electron chi connectivity index (χ3n) is 0.259. The molecule has 0 bridgehead atoms. The molecule has 4 heteroatoms. The summed E-state index contributed by atoms with van der Waals surface area (Å²) in [4.78, 5) is 0. The Morgan fingerprint density at radius 1 is 1.80 bits per heavy atom. The Kier molecular flexibility index (Phi) is 1.46. The van der Waals surface area contributed by atoms with Crippen LogP contribution in [0.2, 0.25) is 0 Å². The molecule has 1 heterocycles. The van der Waals surface area contributed by atoms with Crippen molar-refractivity contribution in [1.82, 2.24) is 4.72 Å². The van der Waals surface area contributed by atoms with Crippen molar-refractivity contribution in [3.05, 3.63) is 0 Å². The van der Waals surface area contributed by atoms with Gasteiger partial charge in [-0.1, -0.05) is 0 Å². The van der Waals surface area contributed by atoms with Crippen LogP contribution in [0.25, 0.3) is 0 Å². The predicted molar refractivity (Wildman–Crippen MR) is 24.3 cm³/mol. The van der Waals surface area contributed by atoms with Gasteiger partial charge in [0.15, 0.2) is 0 Å². The van der Waals surface area contributed by atoms with E-state index in [-0.39, 0.29) is 0 Å². The highest BCUT2D eigenvalue weighted by Crippen LogP contribution is 2.17. The van der Waals surface area contributed by atoms with Gasteiger partial charge in [-0.15, -0.1) is 0 Å². The normalized spacial score (nSPS) is 24.0. The molecule has 0 amide bonds. The van der Waals surface area contributed by atoms with E-state index in [0.717, 1.165) is 5.88 Å². The highest BCUT2D eigenvalue weighted by molar-refractivity contribution is 8.09. The van der Waals surface area contributed by atoms with Gasteiger partial charge in [0.1, 0.15) is 0 Å². The second-order valence-electron chi connectivity index (χ2n) is 0.558. The fraction of sp³-hybridized carbons (Fsp3) is 1.00. The van der Waals surface area contributed by atoms with Gasteiger partial charge in [-0.3, -0.25) is 0 Å². The smallest absolute Gasteiger partial charge is 0.0943 e. The third-order valence-corrected chi connectivity index (χ3v) is 1.62. The average Bonchev–Trinajstić information content (AvgIpc) is 1.76. The topological polar surface area (TPSA) is 21.3 Å². The molecule has 0 aromatic rings. The van der Waals surface area contributed by atoms with Gasteiger partial charge in [0.2, 0.25) is 0 Å². The van der Waals surface area contributed by atoms with Crippen molar-refractivity contribution in [3.8, 4) is 0 Å². The Balaban J connectivity index is 2.08. The van der Waals surface area contributed by atoms with Crippen molar-refractivity contribution in [1.29, 1.82) is 0 Å². The van der Waals surface area contributed by atoms with Gasteiger partial charge in [0, 0.05) is 12.0 Å². The van der Waals surface area contributed by atoms with Crippen molar-refractivity contribution in [2.75, 3.05) is 5.88 Å². The van der Waals surface area contributed by atoms with Crippen LogP contribution in [0.15, 0.2) is 0 Å². The first-order valence-electron chi connectivity index (χ1n) is 1.18. The molecule has 2 nitrogen and oxygen atoms in total. The molecule has 0 aromatic heterocycles. The first-order valence-corrected chi connectivity index (χ1v) is 2.83. The van der Waals surface area contributed by atoms with E-state index in [4.69, 9.17) is 0 Å². The number of nitrogens with one attached hydrogen (secondary N) is 1. The van der Waals surface area contributed by atoms with Gasteiger partial charge in [-0.05, 0) is 0 Å². The van der Waals surface area contributed by atoms with Crippen molar-refractivity contribution >= 4 is 24.3 Å². The molecular formula is CH3NOS2. The zero-order valence-corrected chi connectivity index (χ0v) is 4.06. The Hall–Kier alpha value is 0.620. The summed E-state index contributed by atoms with van der Waals surface area (Å²) in [7, 11) is 0. The molecule has 0 unspecified atom stereocenters. The fourth-order valence-electron chi connectivity index (χ4n) is 0.120. The molecule has 1 saturated heterocycles. The first kappa shape index (κ1) is 3.80. The summed E-state index contributed by atoms with van der Waals surface area (Å²) in [6.07, 6.45) is 0. The summed E-state index contributed by atoms with van der Waals surface area (Å²) in [6, 6.07) is 0. The molecule has 0 aromatic carbocycles. The van der Waals surface area contributed by atoms with E-state index in [1.165, 1.54) is 24.3 Å². The van der Waals surface area contributed by atoms with Gasteiger partial charge in [-0.25, -0.2) is 8.35 Å². The molecule has 0 saturated carbocycles. The number of hydrogen-bond donors (Lipinski definition) is 1. The van der Waals surface area contributed by atoms with Crippen molar-refractivity contribution in [2.45, 2.75) is 0 Å². The first-order chi connectivity index (χ1) is 2.50. The summed E-state index contributed by atoms with van der Waals surface area (Å²) in [5, 5.41) is 0. The van der Waals surface area contributed by atoms with E-state index in [0.29, 0.717) is 0 Å². The Bertz CT molecular complexity index is 21.2. The van der Waals surface area contributed by atoms with Gasteiger partial charge in [0.05, 0.1) is 18.1 Å². The molecule has 1 aliphatic heterocycles. The lowest BCUT2D eigenvalue weighted by Crippen LogP contribution is -1.89. The van der Waals surface area contributed by atoms with Gasteiger partial charge in [-0.2, -0.15) is 0 Å². The van der Waals surface area contributed by atoms with Gasteiger partial charge < -0.3 is 0 Å². The van der Waals surface area contributed by atoms with Crippen molar-refractivity contribution in [2.24, 2.45) is 0 Å². The maximum Gasteiger partial charge on any atom is 0.0943 e. The molecule has 5 heavy (non-hydrogen) atoms. The zero-order chi connectivity index (χ0) is 3.54. The monoisotopic (exact) mass is 109 g/mol. The summed E-state index contributed by atoms with van der Waals surface area (Å²) >= 11 is 2.71. The lowest BCUT2D eigenvalue weighted by molar-refractivity contribution is 0.774. The van der Waals surface area contributed by atoms with E-state index >= 15 is 0 Å². The molecule has 1 N–H and O–H groups in total. The van der Waals surface area contributed by atoms with Crippen LogP contribution in [0.5, 0.6) is 0 Å². The van der Waals surface area contributed by atoms with Crippen LogP contribution < -0.4 is 4.72 Å². The van der Waals surface area contributed by atoms with E-state index in [1.54, 1.807) is 0 Å². The fourth-order valence-corrected chi connectivity index (χ4v) is 1.08. The molecule has 0 radical (unpaired) electrons. The minimum Gasteiger partial charge on any atom is -0.229 e. The van der Waals surface area contributed by atoms with Gasteiger partial charge in [0.25, 0.3) is 0 Å². The van der Waals surface area contributed by atoms with Crippen LogP contribution in [0.1, 0.15) is 0 Å². The van der Waals surface area contributed by atoms with Crippen LogP contribution in [0.4, 0.5) is 0 Å². The van der Waals surface area contributed by atoms with Crippen LogP contribution in [-0.2, 0) is 3.63 Å². The molecule has 30 valence electrons. The highest BCUT2D eigenvalue weighted by Gasteiger charge is 1.96. The highest BCUT2D eigenvalue weighted by atomic mass is 32.2. The van der Waals surface area contributed by atoms with E-state index in [2.05, 4.69) is 8.35 Å². The Labute approximate surface area is 39.2 Å². The molecule has 0 atom stereocenters. The maximum atomic E-state index is 4.67. The quantitative estimate of drug-likeness (QED) is 0.366. The summed E-state index contributed by atoms with van der Waals surface area (Å²) in [5.41, 5.74) is 0. The molecular weight excluding hydrogens is 106 g/mol. The van der Waals surface area contributed by atoms with Crippen molar-refractivity contribution < 1.29 is 3.63 Å². The molecule has 1 aliphatic rings. The maximum absolute atomic E-state index is 4.67. The van der Waals surface area contributed by atoms with Gasteiger partial charge >= 0.3 is 0 Å². The minimum absolute atomic E-state index is 0.907. The zero-order valence-electron chi connectivity index (χ0n) is 2.43. The summed E-state index contributed by atoms with van der Waals surface area (Å²) in [6.45, 7) is 0. The summed E-state index contributed by atoms with van der Waals surface area (Å²) in [5.74, 6) is 0.907. The van der Waals surface area contributed by atoms with Crippen molar-refractivity contribution in [3.63, 3.8) is 0 Å². The molecule has 1 fully saturated rings. The van der Waals surface area contributed by atoms with Crippen LogP contribution >= 0.6 is 24.3 Å². The third kappa shape index (κ3) is 1.00. The molecule has 0 spiro atoms. The van der Waals surface area contributed by atoms with E-state index < -0.39 is 0 Å². The Morgan fingerprint density at radius 3 is 3.00 bits per heavy atom. The summed E-state index contributed by atoms with van der Waals surface area (Å²) < 4.78 is 7.55. The van der Waals surface area contributed by atoms with E-state index in [9.17, 15) is 0 Å². The van der Waals surface area contributed by atoms with E-state index in [1.807, 2.05) is 0 Å². The molecule has 0 aliphatic carbocycles.